The van der Waals surface area contributed by atoms with Gasteiger partial charge in [0, 0.05) is 11.4 Å². The monoisotopic (exact) mass is 281 g/mol. The summed E-state index contributed by atoms with van der Waals surface area (Å²) in [5.74, 6) is 6.43. The molecule has 2 aromatic rings. The molecular weight excluding hydrogens is 262 g/mol. The number of nitrogens with one attached hydrogen (secondary N) is 1. The van der Waals surface area contributed by atoms with Gasteiger partial charge in [0.1, 0.15) is 11.7 Å². The summed E-state index contributed by atoms with van der Waals surface area (Å²) in [6, 6.07) is -0.0146. The summed E-state index contributed by atoms with van der Waals surface area (Å²) in [5.41, 5.74) is 4.58. The van der Waals surface area contributed by atoms with E-state index >= 15 is 0 Å². The summed E-state index contributed by atoms with van der Waals surface area (Å²) in [5, 5.41) is 7.36. The number of nitrogens with zero attached hydrogens (tertiary/aromatic N) is 3. The lowest BCUT2D eigenvalue weighted by Gasteiger charge is -2.19. The van der Waals surface area contributed by atoms with Gasteiger partial charge in [-0.1, -0.05) is 0 Å². The summed E-state index contributed by atoms with van der Waals surface area (Å²) in [4.78, 5) is 4.49. The van der Waals surface area contributed by atoms with E-state index in [1.807, 2.05) is 17.0 Å². The van der Waals surface area contributed by atoms with Gasteiger partial charge in [-0.05, 0) is 20.8 Å². The first-order valence-electron chi connectivity index (χ1n) is 6.08. The number of rotatable bonds is 5. The number of nitrogens with two attached hydrogens (primary N) is 1. The summed E-state index contributed by atoms with van der Waals surface area (Å²) < 4.78 is 7.28. The topological polar surface area (TPSA) is 78.0 Å². The van der Waals surface area contributed by atoms with Gasteiger partial charge in [-0.25, -0.2) is 10.4 Å². The normalized spacial score (nSPS) is 12.9. The first-order valence-corrected chi connectivity index (χ1v) is 6.96. The van der Waals surface area contributed by atoms with E-state index in [2.05, 4.69) is 29.4 Å². The average molecular weight is 281 g/mol. The molecule has 0 radical (unpaired) electrons. The second-order valence-electron chi connectivity index (χ2n) is 4.53. The predicted octanol–water partition coefficient (Wildman–Crippen LogP) is 1.79. The van der Waals surface area contributed by atoms with Crippen molar-refractivity contribution in [3.05, 3.63) is 28.0 Å². The minimum atomic E-state index is -0.232. The van der Waals surface area contributed by atoms with Crippen LogP contribution in [0.5, 0.6) is 5.75 Å². The van der Waals surface area contributed by atoms with Crippen molar-refractivity contribution < 1.29 is 4.74 Å². The van der Waals surface area contributed by atoms with Gasteiger partial charge < -0.3 is 4.74 Å². The molecule has 2 heterocycles. The second kappa shape index (κ2) is 5.68. The van der Waals surface area contributed by atoms with E-state index in [1.54, 1.807) is 24.6 Å². The molecule has 2 aromatic heterocycles. The van der Waals surface area contributed by atoms with Crippen molar-refractivity contribution in [1.82, 2.24) is 20.2 Å². The van der Waals surface area contributed by atoms with E-state index in [4.69, 9.17) is 10.6 Å². The van der Waals surface area contributed by atoms with Crippen LogP contribution in [0.3, 0.4) is 0 Å². The van der Waals surface area contributed by atoms with Crippen molar-refractivity contribution in [2.45, 2.75) is 32.9 Å². The molecule has 2 rings (SSSR count). The van der Waals surface area contributed by atoms with E-state index in [0.717, 1.165) is 16.4 Å². The Morgan fingerprint density at radius 2 is 2.21 bits per heavy atom. The van der Waals surface area contributed by atoms with E-state index in [-0.39, 0.29) is 12.1 Å². The third-order valence-electron chi connectivity index (χ3n) is 2.88. The average Bonchev–Trinajstić information content (AvgIpc) is 2.97. The standard InChI is InChI=1S/C12H19N5OS/c1-7(2)17-12(10(18-4)5-14-17)11(16-13)9-6-19-8(3)15-9/h5-7,11,16H,13H2,1-4H3. The van der Waals surface area contributed by atoms with Crippen LogP contribution in [-0.4, -0.2) is 21.9 Å². The highest BCUT2D eigenvalue weighted by Crippen LogP contribution is 2.31. The number of hydrogen-bond donors (Lipinski definition) is 2. The lowest BCUT2D eigenvalue weighted by Crippen LogP contribution is -2.31. The molecule has 0 amide bonds. The molecule has 0 fully saturated rings. The van der Waals surface area contributed by atoms with Gasteiger partial charge in [-0.15, -0.1) is 11.3 Å². The van der Waals surface area contributed by atoms with E-state index < -0.39 is 0 Å². The molecule has 0 saturated carbocycles. The fourth-order valence-electron chi connectivity index (χ4n) is 2.02. The third kappa shape index (κ3) is 2.63. The Labute approximate surface area is 116 Å². The second-order valence-corrected chi connectivity index (χ2v) is 5.59. The zero-order valence-corrected chi connectivity index (χ0v) is 12.4. The van der Waals surface area contributed by atoms with Crippen LogP contribution in [0.4, 0.5) is 0 Å². The summed E-state index contributed by atoms with van der Waals surface area (Å²) in [7, 11) is 1.63. The molecule has 0 aliphatic rings. The highest BCUT2D eigenvalue weighted by Gasteiger charge is 2.25. The van der Waals surface area contributed by atoms with E-state index in [9.17, 15) is 0 Å². The molecule has 104 valence electrons. The van der Waals surface area contributed by atoms with Crippen molar-refractivity contribution in [3.63, 3.8) is 0 Å². The maximum absolute atomic E-state index is 5.72. The SMILES string of the molecule is COc1cnn(C(C)C)c1C(NN)c1csc(C)n1. The minimum Gasteiger partial charge on any atom is -0.493 e. The Bertz CT molecular complexity index is 548. The van der Waals surface area contributed by atoms with E-state index in [1.165, 1.54) is 0 Å². The molecule has 19 heavy (non-hydrogen) atoms. The molecule has 0 bridgehead atoms. The molecule has 1 atom stereocenters. The quantitative estimate of drug-likeness (QED) is 0.645. The third-order valence-corrected chi connectivity index (χ3v) is 3.67. The van der Waals surface area contributed by atoms with Gasteiger partial charge in [0.05, 0.1) is 24.0 Å². The number of hydrogen-bond acceptors (Lipinski definition) is 6. The van der Waals surface area contributed by atoms with E-state index in [0.29, 0.717) is 5.75 Å². The fraction of sp³-hybridized carbons (Fsp3) is 0.500. The highest BCUT2D eigenvalue weighted by atomic mass is 32.1. The Kier molecular flexibility index (Phi) is 4.18. The Morgan fingerprint density at radius 3 is 2.68 bits per heavy atom. The molecule has 1 unspecified atom stereocenters. The first kappa shape index (κ1) is 14.0. The smallest absolute Gasteiger partial charge is 0.162 e. The lowest BCUT2D eigenvalue weighted by molar-refractivity contribution is 0.393. The van der Waals surface area contributed by atoms with Gasteiger partial charge in [0.2, 0.25) is 0 Å². The van der Waals surface area contributed by atoms with Crippen molar-refractivity contribution in [1.29, 1.82) is 0 Å². The maximum Gasteiger partial charge on any atom is 0.162 e. The van der Waals surface area contributed by atoms with Crippen LogP contribution in [0.15, 0.2) is 11.6 Å². The van der Waals surface area contributed by atoms with Crippen molar-refractivity contribution in [2.24, 2.45) is 5.84 Å². The maximum atomic E-state index is 5.72. The Morgan fingerprint density at radius 1 is 1.47 bits per heavy atom. The van der Waals surface area contributed by atoms with Gasteiger partial charge in [-0.2, -0.15) is 5.10 Å². The van der Waals surface area contributed by atoms with Crippen molar-refractivity contribution in [3.8, 4) is 5.75 Å². The minimum absolute atomic E-state index is 0.217. The van der Waals surface area contributed by atoms with Crippen molar-refractivity contribution in [2.75, 3.05) is 7.11 Å². The molecule has 7 heteroatoms. The Hall–Kier alpha value is -1.44. The number of ether oxygens (including phenoxy) is 1. The summed E-state index contributed by atoms with van der Waals surface area (Å²) in [6.07, 6.45) is 1.71. The van der Waals surface area contributed by atoms with Crippen LogP contribution in [0.1, 0.15) is 42.3 Å². The molecule has 0 saturated heterocycles. The zero-order chi connectivity index (χ0) is 14.0. The molecule has 0 aliphatic carbocycles. The van der Waals surface area contributed by atoms with Crippen LogP contribution >= 0.6 is 11.3 Å². The Balaban J connectivity index is 2.50. The van der Waals surface area contributed by atoms with Gasteiger partial charge in [0.25, 0.3) is 0 Å². The first-order chi connectivity index (χ1) is 9.08. The fourth-order valence-corrected chi connectivity index (χ4v) is 2.65. The van der Waals surface area contributed by atoms with Crippen LogP contribution in [-0.2, 0) is 0 Å². The molecule has 6 nitrogen and oxygen atoms in total. The highest BCUT2D eigenvalue weighted by molar-refractivity contribution is 7.09. The number of thiazole rings is 1. The molecule has 0 aliphatic heterocycles. The predicted molar refractivity (Wildman–Crippen MR) is 75.2 cm³/mol. The summed E-state index contributed by atoms with van der Waals surface area (Å²) in [6.45, 7) is 6.10. The number of methoxy groups -OCH3 is 1. The molecular formula is C12H19N5OS. The van der Waals surface area contributed by atoms with Crippen LogP contribution in [0.25, 0.3) is 0 Å². The van der Waals surface area contributed by atoms with Crippen molar-refractivity contribution >= 4 is 11.3 Å². The molecule has 3 N–H and O–H groups in total. The number of hydrazine groups is 1. The van der Waals surface area contributed by atoms with Crippen LogP contribution < -0.4 is 16.0 Å². The van der Waals surface area contributed by atoms with Gasteiger partial charge in [0.15, 0.2) is 5.75 Å². The van der Waals surface area contributed by atoms with Crippen LogP contribution in [0.2, 0.25) is 0 Å². The molecule has 0 aromatic carbocycles. The zero-order valence-electron chi connectivity index (χ0n) is 11.5. The lowest BCUT2D eigenvalue weighted by atomic mass is 10.1. The van der Waals surface area contributed by atoms with Crippen LogP contribution in [0, 0.1) is 6.92 Å². The summed E-state index contributed by atoms with van der Waals surface area (Å²) >= 11 is 1.60. The molecule has 0 spiro atoms. The number of aryl methyl sites for hydroxylation is 1. The van der Waals surface area contributed by atoms with Gasteiger partial charge in [-0.3, -0.25) is 10.5 Å². The number of aromatic nitrogens is 3. The van der Waals surface area contributed by atoms with Gasteiger partial charge >= 0.3 is 0 Å². The largest absolute Gasteiger partial charge is 0.493 e.